The Hall–Kier alpha value is -4.63. The molecule has 252 valence electrons. The van der Waals surface area contributed by atoms with Crippen LogP contribution in [0.25, 0.3) is 0 Å². The monoisotopic (exact) mass is 667 g/mol. The Bertz CT molecular complexity index is 1790. The number of hydrogen-bond donors (Lipinski definition) is 1. The second kappa shape index (κ2) is 16.0. The molecule has 8 nitrogen and oxygen atoms in total. The van der Waals surface area contributed by atoms with E-state index in [1.54, 1.807) is 36.3 Å². The van der Waals surface area contributed by atoms with E-state index < -0.39 is 28.5 Å². The molecule has 2 amide bonds. The highest BCUT2D eigenvalue weighted by Gasteiger charge is 2.36. The van der Waals surface area contributed by atoms with Crippen molar-refractivity contribution in [3.05, 3.63) is 125 Å². The molecule has 0 aromatic heterocycles. The molecule has 4 aromatic rings. The van der Waals surface area contributed by atoms with Crippen molar-refractivity contribution in [2.24, 2.45) is 0 Å². The average molecular weight is 668 g/mol. The molecule has 0 saturated heterocycles. The predicted molar refractivity (Wildman–Crippen MR) is 189 cm³/mol. The molecule has 1 aliphatic carbocycles. The highest BCUT2D eigenvalue weighted by Crippen LogP contribution is 2.29. The highest BCUT2D eigenvalue weighted by molar-refractivity contribution is 7.92. The first-order valence-electron chi connectivity index (χ1n) is 16.6. The molecule has 0 bridgehead atoms. The van der Waals surface area contributed by atoms with Crippen molar-refractivity contribution in [2.75, 3.05) is 18.0 Å². The summed E-state index contributed by atoms with van der Waals surface area (Å²) in [6, 6.07) is 29.8. The van der Waals surface area contributed by atoms with Gasteiger partial charge in [0.05, 0.1) is 17.7 Å². The molecule has 48 heavy (non-hydrogen) atoms. The van der Waals surface area contributed by atoms with Gasteiger partial charge in [0, 0.05) is 19.0 Å². The number of benzene rings is 4. The number of rotatable bonds is 13. The largest absolute Gasteiger partial charge is 0.497 e. The third-order valence-electron chi connectivity index (χ3n) is 8.95. The van der Waals surface area contributed by atoms with Crippen LogP contribution in [-0.4, -0.2) is 50.9 Å². The van der Waals surface area contributed by atoms with Gasteiger partial charge in [-0.25, -0.2) is 8.42 Å². The SMILES string of the molecule is COc1cccc(CN(C(=O)CN(c2cc(C)ccc2C)S(=O)(=O)c2ccccc2)[C@@H](Cc2ccccc2)C(=O)NC2CCCCC2)c1. The second-order valence-corrected chi connectivity index (χ2v) is 14.4. The van der Waals surface area contributed by atoms with E-state index in [0.717, 1.165) is 48.8 Å². The summed E-state index contributed by atoms with van der Waals surface area (Å²) in [6.07, 6.45) is 5.28. The molecule has 0 spiro atoms. The van der Waals surface area contributed by atoms with E-state index in [-0.39, 0.29) is 29.8 Å². The normalized spacial score (nSPS) is 14.1. The average Bonchev–Trinajstić information content (AvgIpc) is 3.11. The quantitative estimate of drug-likeness (QED) is 0.174. The number of methoxy groups -OCH3 is 1. The van der Waals surface area contributed by atoms with E-state index >= 15 is 0 Å². The van der Waals surface area contributed by atoms with Gasteiger partial charge < -0.3 is 15.0 Å². The Morgan fingerprint density at radius 3 is 2.19 bits per heavy atom. The number of ether oxygens (including phenoxy) is 1. The molecule has 1 atom stereocenters. The zero-order chi connectivity index (χ0) is 34.1. The first-order valence-corrected chi connectivity index (χ1v) is 18.0. The lowest BCUT2D eigenvalue weighted by Crippen LogP contribution is -2.55. The highest BCUT2D eigenvalue weighted by atomic mass is 32.2. The molecule has 0 aliphatic heterocycles. The Labute approximate surface area is 284 Å². The first-order chi connectivity index (χ1) is 23.2. The van der Waals surface area contributed by atoms with Crippen LogP contribution in [0.5, 0.6) is 5.75 Å². The van der Waals surface area contributed by atoms with Crippen LogP contribution in [0.3, 0.4) is 0 Å². The van der Waals surface area contributed by atoms with Gasteiger partial charge in [-0.2, -0.15) is 0 Å². The summed E-state index contributed by atoms with van der Waals surface area (Å²) in [7, 11) is -2.59. The third-order valence-corrected chi connectivity index (χ3v) is 10.7. The smallest absolute Gasteiger partial charge is 0.264 e. The predicted octanol–water partition coefficient (Wildman–Crippen LogP) is 6.60. The van der Waals surface area contributed by atoms with Crippen LogP contribution >= 0.6 is 0 Å². The molecule has 1 fully saturated rings. The van der Waals surface area contributed by atoms with Crippen LogP contribution in [-0.2, 0) is 32.6 Å². The van der Waals surface area contributed by atoms with Gasteiger partial charge in [0.25, 0.3) is 10.0 Å². The minimum atomic E-state index is -4.17. The van der Waals surface area contributed by atoms with Gasteiger partial charge in [0.15, 0.2) is 0 Å². The maximum atomic E-state index is 14.8. The van der Waals surface area contributed by atoms with Crippen molar-refractivity contribution in [2.45, 2.75) is 75.9 Å². The molecule has 9 heteroatoms. The van der Waals surface area contributed by atoms with Crippen molar-refractivity contribution >= 4 is 27.5 Å². The lowest BCUT2D eigenvalue weighted by Gasteiger charge is -2.35. The molecule has 0 heterocycles. The Kier molecular flexibility index (Phi) is 11.5. The van der Waals surface area contributed by atoms with Gasteiger partial charge in [-0.05, 0) is 79.3 Å². The van der Waals surface area contributed by atoms with Crippen LogP contribution in [0.4, 0.5) is 5.69 Å². The van der Waals surface area contributed by atoms with Crippen molar-refractivity contribution in [3.63, 3.8) is 0 Å². The summed E-state index contributed by atoms with van der Waals surface area (Å²) in [6.45, 7) is 3.31. The summed E-state index contributed by atoms with van der Waals surface area (Å²) < 4.78 is 35.3. The molecule has 0 radical (unpaired) electrons. The summed E-state index contributed by atoms with van der Waals surface area (Å²) in [4.78, 5) is 30.7. The number of sulfonamides is 1. The van der Waals surface area contributed by atoms with E-state index in [4.69, 9.17) is 4.74 Å². The molecule has 4 aromatic carbocycles. The van der Waals surface area contributed by atoms with Crippen molar-refractivity contribution in [1.82, 2.24) is 10.2 Å². The molecular weight excluding hydrogens is 623 g/mol. The fourth-order valence-corrected chi connectivity index (χ4v) is 7.78. The maximum absolute atomic E-state index is 14.8. The second-order valence-electron chi connectivity index (χ2n) is 12.5. The van der Waals surface area contributed by atoms with Crippen LogP contribution < -0.4 is 14.4 Å². The minimum absolute atomic E-state index is 0.0307. The van der Waals surface area contributed by atoms with Gasteiger partial charge in [-0.1, -0.05) is 92.1 Å². The summed E-state index contributed by atoms with van der Waals surface area (Å²) in [5.41, 5.74) is 3.64. The molecule has 1 N–H and O–H groups in total. The van der Waals surface area contributed by atoms with E-state index in [2.05, 4.69) is 5.32 Å². The standard InChI is InChI=1S/C39H45N3O5S/c1-29-22-23-30(2)36(24-29)42(48(45,46)35-20-11-6-12-21-35)28-38(43)41(27-32-16-13-19-34(25-32)47-3)37(26-31-14-7-4-8-15-31)39(44)40-33-17-9-5-10-18-33/h4,6-8,11-16,19-25,33,37H,5,9-10,17-18,26-28H2,1-3H3,(H,40,44)/t37-/m0/s1. The van der Waals surface area contributed by atoms with Crippen LogP contribution in [0.2, 0.25) is 0 Å². The number of carbonyl (C=O) groups is 2. The molecular formula is C39H45N3O5S. The zero-order valence-corrected chi connectivity index (χ0v) is 28.8. The lowest BCUT2D eigenvalue weighted by molar-refractivity contribution is -0.140. The molecule has 1 saturated carbocycles. The lowest BCUT2D eigenvalue weighted by atomic mass is 9.94. The van der Waals surface area contributed by atoms with Gasteiger partial charge in [-0.15, -0.1) is 0 Å². The van der Waals surface area contributed by atoms with E-state index in [9.17, 15) is 18.0 Å². The number of hydrogen-bond acceptors (Lipinski definition) is 5. The van der Waals surface area contributed by atoms with Gasteiger partial charge in [0.1, 0.15) is 18.3 Å². The van der Waals surface area contributed by atoms with E-state index in [0.29, 0.717) is 17.0 Å². The van der Waals surface area contributed by atoms with Gasteiger partial charge >= 0.3 is 0 Å². The number of aryl methyl sites for hydroxylation is 2. The van der Waals surface area contributed by atoms with Gasteiger partial charge in [0.2, 0.25) is 11.8 Å². The third kappa shape index (κ3) is 8.63. The van der Waals surface area contributed by atoms with Crippen molar-refractivity contribution in [3.8, 4) is 5.75 Å². The minimum Gasteiger partial charge on any atom is -0.497 e. The fourth-order valence-electron chi connectivity index (χ4n) is 6.29. The van der Waals surface area contributed by atoms with E-state index in [1.807, 2.05) is 80.6 Å². The Morgan fingerprint density at radius 1 is 0.833 bits per heavy atom. The first kappa shape index (κ1) is 34.7. The maximum Gasteiger partial charge on any atom is 0.264 e. The summed E-state index contributed by atoms with van der Waals surface area (Å²) in [5.74, 6) is -0.112. The number of anilines is 1. The van der Waals surface area contributed by atoms with Crippen LogP contribution in [0, 0.1) is 13.8 Å². The fraction of sp³-hybridized carbons (Fsp3) is 0.333. The number of amides is 2. The van der Waals surface area contributed by atoms with Gasteiger partial charge in [-0.3, -0.25) is 13.9 Å². The Balaban J connectivity index is 1.59. The summed E-state index contributed by atoms with van der Waals surface area (Å²) >= 11 is 0. The van der Waals surface area contributed by atoms with Crippen LogP contribution in [0.15, 0.2) is 108 Å². The van der Waals surface area contributed by atoms with Crippen molar-refractivity contribution in [1.29, 1.82) is 0 Å². The van der Waals surface area contributed by atoms with E-state index in [1.165, 1.54) is 16.4 Å². The Morgan fingerprint density at radius 2 is 1.50 bits per heavy atom. The number of carbonyl (C=O) groups excluding carboxylic acids is 2. The topological polar surface area (TPSA) is 96.0 Å². The molecule has 1 aliphatic rings. The van der Waals surface area contributed by atoms with Crippen LogP contribution in [0.1, 0.15) is 54.4 Å². The molecule has 0 unspecified atom stereocenters. The summed E-state index contributed by atoms with van der Waals surface area (Å²) in [5, 5.41) is 3.25. The molecule has 5 rings (SSSR count). The number of nitrogens with zero attached hydrogens (tertiary/aromatic N) is 2. The number of nitrogens with one attached hydrogen (secondary N) is 1. The van der Waals surface area contributed by atoms with Crippen molar-refractivity contribution < 1.29 is 22.7 Å². The zero-order valence-electron chi connectivity index (χ0n) is 28.0.